The van der Waals surface area contributed by atoms with E-state index in [1.165, 1.54) is 19.1 Å². The average molecular weight is 260 g/mol. The smallest absolute Gasteiger partial charge is 0.336 e. The molecular formula is C14H12O5. The molecule has 5 nitrogen and oxygen atoms in total. The van der Waals surface area contributed by atoms with Crippen LogP contribution in [0.4, 0.5) is 0 Å². The van der Waals surface area contributed by atoms with E-state index in [4.69, 9.17) is 14.3 Å². The molecule has 0 saturated carbocycles. The highest BCUT2D eigenvalue weighted by Gasteiger charge is 2.01. The Morgan fingerprint density at radius 3 is 2.84 bits per heavy atom. The molecule has 0 spiro atoms. The van der Waals surface area contributed by atoms with Gasteiger partial charge in [-0.05, 0) is 31.2 Å². The fourth-order valence-electron chi connectivity index (χ4n) is 1.48. The Hall–Kier alpha value is -2.56. The van der Waals surface area contributed by atoms with E-state index in [0.29, 0.717) is 11.3 Å². The Kier molecular flexibility index (Phi) is 3.66. The van der Waals surface area contributed by atoms with Gasteiger partial charge in [0.15, 0.2) is 0 Å². The number of benzene rings is 1. The summed E-state index contributed by atoms with van der Waals surface area (Å²) in [6.45, 7) is 1.63. The largest absolute Gasteiger partial charge is 0.489 e. The molecule has 2 rings (SSSR count). The molecule has 0 amide bonds. The number of rotatable bonds is 4. The summed E-state index contributed by atoms with van der Waals surface area (Å²) in [5.41, 5.74) is 0.225. The van der Waals surface area contributed by atoms with Gasteiger partial charge < -0.3 is 14.3 Å². The second kappa shape index (κ2) is 5.39. The summed E-state index contributed by atoms with van der Waals surface area (Å²) < 4.78 is 10.4. The second-order valence-electron chi connectivity index (χ2n) is 3.96. The Morgan fingerprint density at radius 1 is 1.37 bits per heavy atom. The molecule has 1 aromatic heterocycles. The predicted molar refractivity (Wildman–Crippen MR) is 69.4 cm³/mol. The third kappa shape index (κ3) is 3.22. The number of carbonyl (C=O) groups is 1. The van der Waals surface area contributed by atoms with Crippen LogP contribution in [-0.2, 0) is 4.79 Å². The number of hydrogen-bond donors (Lipinski definition) is 1. The van der Waals surface area contributed by atoms with Gasteiger partial charge in [-0.25, -0.2) is 9.59 Å². The van der Waals surface area contributed by atoms with Gasteiger partial charge in [0.1, 0.15) is 17.9 Å². The molecule has 0 fully saturated rings. The lowest BCUT2D eigenvalue weighted by molar-refractivity contribution is -0.132. The van der Waals surface area contributed by atoms with E-state index in [1.807, 2.05) is 0 Å². The normalized spacial score (nSPS) is 11.5. The summed E-state index contributed by atoms with van der Waals surface area (Å²) in [6, 6.07) is 8.11. The van der Waals surface area contributed by atoms with E-state index in [0.717, 1.165) is 5.39 Å². The average Bonchev–Trinajstić information content (AvgIpc) is 2.38. The van der Waals surface area contributed by atoms with Gasteiger partial charge in [-0.1, -0.05) is 0 Å². The predicted octanol–water partition coefficient (Wildman–Crippen LogP) is 2.20. The van der Waals surface area contributed by atoms with Crippen molar-refractivity contribution in [2.45, 2.75) is 6.92 Å². The number of carboxylic acid groups (broad SMARTS) is 1. The molecule has 1 N–H and O–H groups in total. The number of carboxylic acids is 1. The molecule has 0 radical (unpaired) electrons. The Morgan fingerprint density at radius 2 is 2.11 bits per heavy atom. The maximum absolute atomic E-state index is 11.1. The first-order chi connectivity index (χ1) is 9.06. The third-order valence-corrected chi connectivity index (χ3v) is 2.57. The van der Waals surface area contributed by atoms with Crippen LogP contribution in [-0.4, -0.2) is 17.7 Å². The van der Waals surface area contributed by atoms with Crippen molar-refractivity contribution >= 4 is 16.9 Å². The molecule has 98 valence electrons. The van der Waals surface area contributed by atoms with E-state index in [9.17, 15) is 9.59 Å². The number of hydrogen-bond acceptors (Lipinski definition) is 4. The van der Waals surface area contributed by atoms with Crippen molar-refractivity contribution in [1.29, 1.82) is 0 Å². The van der Waals surface area contributed by atoms with Crippen molar-refractivity contribution in [3.63, 3.8) is 0 Å². The molecule has 1 aromatic carbocycles. The molecule has 0 aliphatic carbocycles. The highest BCUT2D eigenvalue weighted by molar-refractivity contribution is 5.85. The van der Waals surface area contributed by atoms with E-state index in [2.05, 4.69) is 0 Å². The van der Waals surface area contributed by atoms with Gasteiger partial charge in [-0.2, -0.15) is 0 Å². The van der Waals surface area contributed by atoms with Crippen LogP contribution in [0.5, 0.6) is 5.75 Å². The molecule has 0 bridgehead atoms. The first kappa shape index (κ1) is 12.9. The van der Waals surface area contributed by atoms with E-state index >= 15 is 0 Å². The standard InChI is InChI=1S/C14H12O5/c1-9(14(16)17)6-7-18-11-4-2-10-3-5-13(15)19-12(10)8-11/h2-6,8H,7H2,1H3,(H,16,17)/b9-6+. The van der Waals surface area contributed by atoms with Crippen LogP contribution in [0.3, 0.4) is 0 Å². The van der Waals surface area contributed by atoms with Crippen molar-refractivity contribution in [3.8, 4) is 5.75 Å². The minimum absolute atomic E-state index is 0.140. The first-order valence-electron chi connectivity index (χ1n) is 5.63. The first-order valence-corrected chi connectivity index (χ1v) is 5.63. The molecule has 5 heteroatoms. The van der Waals surface area contributed by atoms with Crippen molar-refractivity contribution in [1.82, 2.24) is 0 Å². The minimum atomic E-state index is -0.979. The second-order valence-corrected chi connectivity index (χ2v) is 3.96. The molecule has 0 aliphatic heterocycles. The molecule has 1 heterocycles. The highest BCUT2D eigenvalue weighted by Crippen LogP contribution is 2.19. The molecule has 0 atom stereocenters. The number of fused-ring (bicyclic) bond motifs is 1. The van der Waals surface area contributed by atoms with Gasteiger partial charge in [0.2, 0.25) is 0 Å². The fourth-order valence-corrected chi connectivity index (χ4v) is 1.48. The molecule has 2 aromatic rings. The molecule has 0 unspecified atom stereocenters. The number of aliphatic carboxylic acids is 1. The van der Waals surface area contributed by atoms with Gasteiger partial charge in [-0.15, -0.1) is 0 Å². The lowest BCUT2D eigenvalue weighted by Gasteiger charge is -2.04. The fraction of sp³-hybridized carbons (Fsp3) is 0.143. The summed E-state index contributed by atoms with van der Waals surface area (Å²) in [4.78, 5) is 21.7. The Bertz CT molecular complexity index is 696. The summed E-state index contributed by atoms with van der Waals surface area (Å²) in [7, 11) is 0. The van der Waals surface area contributed by atoms with Crippen LogP contribution >= 0.6 is 0 Å². The maximum Gasteiger partial charge on any atom is 0.336 e. The van der Waals surface area contributed by atoms with Crippen LogP contribution in [0, 0.1) is 0 Å². The van der Waals surface area contributed by atoms with E-state index < -0.39 is 11.6 Å². The monoisotopic (exact) mass is 260 g/mol. The SMILES string of the molecule is C/C(=C\COc1ccc2ccc(=O)oc2c1)C(=O)O. The summed E-state index contributed by atoms with van der Waals surface area (Å²) in [5, 5.41) is 9.47. The zero-order valence-electron chi connectivity index (χ0n) is 10.3. The van der Waals surface area contributed by atoms with Gasteiger partial charge >= 0.3 is 11.6 Å². The van der Waals surface area contributed by atoms with Crippen LogP contribution in [0.2, 0.25) is 0 Å². The van der Waals surface area contributed by atoms with Crippen LogP contribution in [0.25, 0.3) is 11.0 Å². The van der Waals surface area contributed by atoms with Crippen LogP contribution in [0.1, 0.15) is 6.92 Å². The lowest BCUT2D eigenvalue weighted by atomic mass is 10.2. The Labute approximate surface area is 108 Å². The molecule has 0 aliphatic rings. The van der Waals surface area contributed by atoms with Gasteiger partial charge in [-0.3, -0.25) is 0 Å². The molecular weight excluding hydrogens is 248 g/mol. The van der Waals surface area contributed by atoms with Crippen LogP contribution < -0.4 is 10.4 Å². The van der Waals surface area contributed by atoms with Gasteiger partial charge in [0.25, 0.3) is 0 Å². The quantitative estimate of drug-likeness (QED) is 0.673. The molecule has 0 saturated heterocycles. The third-order valence-electron chi connectivity index (χ3n) is 2.57. The zero-order valence-corrected chi connectivity index (χ0v) is 10.3. The van der Waals surface area contributed by atoms with Crippen molar-refractivity contribution in [2.24, 2.45) is 0 Å². The topological polar surface area (TPSA) is 76.7 Å². The van der Waals surface area contributed by atoms with Crippen molar-refractivity contribution < 1.29 is 19.1 Å². The van der Waals surface area contributed by atoms with E-state index in [-0.39, 0.29) is 12.2 Å². The lowest BCUT2D eigenvalue weighted by Crippen LogP contribution is -2.01. The summed E-state index contributed by atoms with van der Waals surface area (Å²) in [5.74, 6) is -0.468. The molecule has 19 heavy (non-hydrogen) atoms. The number of ether oxygens (including phenoxy) is 1. The Balaban J connectivity index is 2.15. The van der Waals surface area contributed by atoms with Crippen molar-refractivity contribution in [2.75, 3.05) is 6.61 Å². The summed E-state index contributed by atoms with van der Waals surface area (Å²) in [6.07, 6.45) is 1.47. The highest BCUT2D eigenvalue weighted by atomic mass is 16.5. The summed E-state index contributed by atoms with van der Waals surface area (Å²) >= 11 is 0. The zero-order chi connectivity index (χ0) is 13.8. The minimum Gasteiger partial charge on any atom is -0.489 e. The van der Waals surface area contributed by atoms with Gasteiger partial charge in [0, 0.05) is 23.1 Å². The van der Waals surface area contributed by atoms with Crippen LogP contribution in [0.15, 0.2) is 51.2 Å². The maximum atomic E-state index is 11.1. The van der Waals surface area contributed by atoms with Gasteiger partial charge in [0.05, 0.1) is 0 Å². The van der Waals surface area contributed by atoms with E-state index in [1.54, 1.807) is 24.3 Å². The van der Waals surface area contributed by atoms with Crippen molar-refractivity contribution in [3.05, 3.63) is 52.4 Å².